The number of benzene rings is 2. The van der Waals surface area contributed by atoms with Crippen LogP contribution in [0.15, 0.2) is 58.0 Å². The number of rotatable bonds is 3. The number of fused-ring (bicyclic) bond motifs is 1. The van der Waals surface area contributed by atoms with Gasteiger partial charge in [-0.2, -0.15) is 4.98 Å². The smallest absolute Gasteiger partial charge is 0.263 e. The quantitative estimate of drug-likeness (QED) is 0.485. The van der Waals surface area contributed by atoms with Gasteiger partial charge in [0.15, 0.2) is 0 Å². The normalized spacial score (nSPS) is 15.0. The van der Waals surface area contributed by atoms with Crippen LogP contribution in [0.5, 0.6) is 0 Å². The average molecular weight is 418 g/mol. The van der Waals surface area contributed by atoms with Crippen molar-refractivity contribution >= 4 is 16.6 Å². The van der Waals surface area contributed by atoms with Crippen molar-refractivity contribution in [2.75, 3.05) is 18.0 Å². The van der Waals surface area contributed by atoms with Gasteiger partial charge in [-0.3, -0.25) is 4.79 Å². The van der Waals surface area contributed by atoms with E-state index in [4.69, 9.17) is 4.52 Å². The summed E-state index contributed by atoms with van der Waals surface area (Å²) >= 11 is 0. The number of aromatic nitrogens is 3. The molecule has 0 amide bonds. The fraction of sp³-hybridized carbons (Fsp3) is 0.292. The highest BCUT2D eigenvalue weighted by atomic mass is 19.1. The van der Waals surface area contributed by atoms with Crippen molar-refractivity contribution in [3.8, 4) is 22.8 Å². The van der Waals surface area contributed by atoms with E-state index in [1.54, 1.807) is 12.3 Å². The first-order valence-electron chi connectivity index (χ1n) is 10.5. The molecule has 7 heteroatoms. The Morgan fingerprint density at radius 1 is 1.13 bits per heavy atom. The summed E-state index contributed by atoms with van der Waals surface area (Å²) in [5.41, 5.74) is 1.94. The molecule has 0 spiro atoms. The third-order valence-corrected chi connectivity index (χ3v) is 6.07. The number of pyridine rings is 1. The maximum absolute atomic E-state index is 15.0. The summed E-state index contributed by atoms with van der Waals surface area (Å²) in [5, 5.41) is 4.29. The Kier molecular flexibility index (Phi) is 4.81. The van der Waals surface area contributed by atoms with E-state index in [1.165, 1.54) is 6.07 Å². The Hall–Kier alpha value is -3.48. The molecule has 4 aromatic rings. The number of piperidine rings is 1. The molecule has 0 unspecified atom stereocenters. The van der Waals surface area contributed by atoms with Gasteiger partial charge in [-0.05, 0) is 30.9 Å². The number of hydrogen-bond acceptors (Lipinski definition) is 5. The predicted molar refractivity (Wildman–Crippen MR) is 118 cm³/mol. The van der Waals surface area contributed by atoms with Crippen molar-refractivity contribution in [2.45, 2.75) is 19.8 Å². The van der Waals surface area contributed by atoms with Crippen LogP contribution in [0.4, 0.5) is 10.1 Å². The molecule has 0 N–H and O–H groups in total. The molecule has 1 saturated heterocycles. The van der Waals surface area contributed by atoms with Gasteiger partial charge in [0.2, 0.25) is 11.3 Å². The number of nitrogens with zero attached hydrogens (tertiary/aromatic N) is 4. The van der Waals surface area contributed by atoms with E-state index >= 15 is 4.39 Å². The van der Waals surface area contributed by atoms with E-state index in [0.717, 1.165) is 31.5 Å². The summed E-state index contributed by atoms with van der Waals surface area (Å²) in [4.78, 5) is 19.6. The van der Waals surface area contributed by atoms with Crippen molar-refractivity contribution in [1.82, 2.24) is 14.7 Å². The molecule has 0 bridgehead atoms. The minimum Gasteiger partial charge on any atom is -0.369 e. The third-order valence-electron chi connectivity index (χ3n) is 6.07. The highest BCUT2D eigenvalue weighted by molar-refractivity contribution is 5.86. The Morgan fingerprint density at radius 3 is 2.61 bits per heavy atom. The van der Waals surface area contributed by atoms with Crippen LogP contribution < -0.4 is 10.3 Å². The maximum Gasteiger partial charge on any atom is 0.263 e. The maximum atomic E-state index is 15.0. The summed E-state index contributed by atoms with van der Waals surface area (Å²) in [7, 11) is 1.83. The lowest BCUT2D eigenvalue weighted by Gasteiger charge is -2.32. The molecule has 1 fully saturated rings. The number of halogens is 1. The first kappa shape index (κ1) is 19.5. The van der Waals surface area contributed by atoms with Gasteiger partial charge in [0.25, 0.3) is 5.89 Å². The first-order valence-corrected chi connectivity index (χ1v) is 10.5. The Bertz CT molecular complexity index is 1300. The van der Waals surface area contributed by atoms with E-state index in [9.17, 15) is 4.79 Å². The van der Waals surface area contributed by atoms with Crippen LogP contribution in [0.1, 0.15) is 19.8 Å². The van der Waals surface area contributed by atoms with E-state index < -0.39 is 0 Å². The van der Waals surface area contributed by atoms with Crippen molar-refractivity contribution < 1.29 is 8.91 Å². The van der Waals surface area contributed by atoms with Crippen molar-refractivity contribution in [1.29, 1.82) is 0 Å². The lowest BCUT2D eigenvalue weighted by Crippen LogP contribution is -2.33. The molecule has 6 nitrogen and oxygen atoms in total. The van der Waals surface area contributed by atoms with Crippen LogP contribution in [0.2, 0.25) is 0 Å². The average Bonchev–Trinajstić information content (AvgIpc) is 3.27. The molecule has 158 valence electrons. The fourth-order valence-electron chi connectivity index (χ4n) is 4.17. The molecule has 0 saturated carbocycles. The minimum atomic E-state index is -0.383. The molecule has 1 aliphatic heterocycles. The number of anilines is 1. The second kappa shape index (κ2) is 7.65. The highest BCUT2D eigenvalue weighted by Gasteiger charge is 2.22. The topological polar surface area (TPSA) is 64.2 Å². The van der Waals surface area contributed by atoms with Crippen LogP contribution >= 0.6 is 0 Å². The van der Waals surface area contributed by atoms with Gasteiger partial charge >= 0.3 is 0 Å². The van der Waals surface area contributed by atoms with Gasteiger partial charge in [0.05, 0.1) is 11.2 Å². The predicted octanol–water partition coefficient (Wildman–Crippen LogP) is 4.63. The van der Waals surface area contributed by atoms with Crippen LogP contribution in [-0.2, 0) is 7.05 Å². The molecule has 1 aliphatic rings. The molecule has 0 atom stereocenters. The van der Waals surface area contributed by atoms with Crippen molar-refractivity contribution in [2.24, 2.45) is 13.0 Å². The SMILES string of the molecule is CC1CCN(c2cc3c(cc2F)c(=O)c(-c2nc(-c4ccccc4)no2)cn3C)CC1. The van der Waals surface area contributed by atoms with Crippen LogP contribution in [0.3, 0.4) is 0 Å². The van der Waals surface area contributed by atoms with Gasteiger partial charge in [-0.1, -0.05) is 42.4 Å². The zero-order valence-electron chi connectivity index (χ0n) is 17.5. The Balaban J connectivity index is 1.58. The van der Waals surface area contributed by atoms with Gasteiger partial charge in [0.1, 0.15) is 11.4 Å². The summed E-state index contributed by atoms with van der Waals surface area (Å²) in [6, 6.07) is 12.5. The molecular formula is C24H23FN4O2. The standard InChI is InChI=1S/C24H23FN4O2/c1-15-8-10-29(11-9-15)21-13-20-17(12-19(21)25)22(30)18(14-28(20)2)24-26-23(27-31-24)16-6-4-3-5-7-16/h3-7,12-15H,8-11H2,1-2H3. The summed E-state index contributed by atoms with van der Waals surface area (Å²) < 4.78 is 22.2. The van der Waals surface area contributed by atoms with E-state index in [-0.39, 0.29) is 22.7 Å². The zero-order chi connectivity index (χ0) is 21.5. The first-order chi connectivity index (χ1) is 15.0. The van der Waals surface area contributed by atoms with Crippen LogP contribution in [-0.4, -0.2) is 27.8 Å². The summed E-state index contributed by atoms with van der Waals surface area (Å²) in [5.74, 6) is 0.795. The molecule has 0 aliphatic carbocycles. The van der Waals surface area contributed by atoms with Gasteiger partial charge in [0, 0.05) is 37.3 Å². The summed E-state index contributed by atoms with van der Waals surface area (Å²) in [6.45, 7) is 3.86. The van der Waals surface area contributed by atoms with Crippen molar-refractivity contribution in [3.05, 3.63) is 64.7 Å². The van der Waals surface area contributed by atoms with E-state index in [0.29, 0.717) is 28.3 Å². The number of hydrogen-bond donors (Lipinski definition) is 0. The van der Waals surface area contributed by atoms with Gasteiger partial charge in [-0.15, -0.1) is 0 Å². The minimum absolute atomic E-state index is 0.121. The molecule has 31 heavy (non-hydrogen) atoms. The molecule has 2 aromatic heterocycles. The largest absolute Gasteiger partial charge is 0.369 e. The second-order valence-electron chi connectivity index (χ2n) is 8.26. The fourth-order valence-corrected chi connectivity index (χ4v) is 4.17. The summed E-state index contributed by atoms with van der Waals surface area (Å²) in [6.07, 6.45) is 3.75. The van der Waals surface area contributed by atoms with Crippen LogP contribution in [0.25, 0.3) is 33.7 Å². The lowest BCUT2D eigenvalue weighted by atomic mass is 9.98. The molecule has 2 aromatic carbocycles. The molecule has 5 rings (SSSR count). The van der Waals surface area contributed by atoms with Crippen molar-refractivity contribution in [3.63, 3.8) is 0 Å². The lowest BCUT2D eigenvalue weighted by molar-refractivity contribution is 0.432. The molecule has 0 radical (unpaired) electrons. The molecular weight excluding hydrogens is 395 g/mol. The Labute approximate surface area is 178 Å². The van der Waals surface area contributed by atoms with Gasteiger partial charge < -0.3 is 14.0 Å². The number of aryl methyl sites for hydroxylation is 1. The second-order valence-corrected chi connectivity index (χ2v) is 8.26. The molecule has 3 heterocycles. The monoisotopic (exact) mass is 418 g/mol. The Morgan fingerprint density at radius 2 is 1.87 bits per heavy atom. The van der Waals surface area contributed by atoms with E-state index in [2.05, 4.69) is 22.0 Å². The zero-order valence-corrected chi connectivity index (χ0v) is 17.5. The van der Waals surface area contributed by atoms with Crippen LogP contribution in [0, 0.1) is 11.7 Å². The van der Waals surface area contributed by atoms with Gasteiger partial charge in [-0.25, -0.2) is 4.39 Å². The third kappa shape index (κ3) is 3.50. The van der Waals surface area contributed by atoms with E-state index in [1.807, 2.05) is 41.9 Å². The highest BCUT2D eigenvalue weighted by Crippen LogP contribution is 2.30.